The second-order valence-electron chi connectivity index (χ2n) is 5.18. The van der Waals surface area contributed by atoms with Gasteiger partial charge in [0.15, 0.2) is 5.84 Å². The molecule has 0 spiro atoms. The quantitative estimate of drug-likeness (QED) is 0.344. The molecule has 112 valence electrons. The minimum Gasteiger partial charge on any atom is -0.409 e. The van der Waals surface area contributed by atoms with Crippen LogP contribution in [0.4, 0.5) is 0 Å². The van der Waals surface area contributed by atoms with Crippen molar-refractivity contribution in [1.29, 1.82) is 0 Å². The number of aryl methyl sites for hydroxylation is 3. The van der Waals surface area contributed by atoms with Gasteiger partial charge in [-0.15, -0.1) is 11.3 Å². The number of nitrogens with two attached hydrogens (primary N) is 1. The molecule has 0 aliphatic heterocycles. The summed E-state index contributed by atoms with van der Waals surface area (Å²) in [5.74, 6) is 0.141. The molecular formula is C16H21N3OS. The van der Waals surface area contributed by atoms with Crippen LogP contribution in [0.3, 0.4) is 0 Å². The van der Waals surface area contributed by atoms with Crippen LogP contribution < -0.4 is 11.1 Å². The fourth-order valence-corrected chi connectivity index (χ4v) is 3.19. The highest BCUT2D eigenvalue weighted by molar-refractivity contribution is 7.12. The molecule has 4 N–H and O–H groups in total. The molecule has 0 unspecified atom stereocenters. The molecule has 0 saturated carbocycles. The van der Waals surface area contributed by atoms with E-state index in [0.717, 1.165) is 24.2 Å². The third-order valence-corrected chi connectivity index (χ3v) is 4.73. The standard InChI is InChI=1S/C16H21N3OS/c1-10-7-15(21-12(10)3)9-18-8-14-5-4-13(6-11(14)2)16(17)19-20/h4-7,18,20H,8-9H2,1-3H3,(H2,17,19). The Kier molecular flexibility index (Phi) is 4.98. The minimum absolute atomic E-state index is 0.141. The lowest BCUT2D eigenvalue weighted by Crippen LogP contribution is -2.15. The third-order valence-electron chi connectivity index (χ3n) is 3.58. The van der Waals surface area contributed by atoms with E-state index in [-0.39, 0.29) is 5.84 Å². The van der Waals surface area contributed by atoms with Gasteiger partial charge < -0.3 is 16.3 Å². The van der Waals surface area contributed by atoms with Gasteiger partial charge >= 0.3 is 0 Å². The van der Waals surface area contributed by atoms with E-state index < -0.39 is 0 Å². The van der Waals surface area contributed by atoms with E-state index in [1.807, 2.05) is 36.5 Å². The molecular weight excluding hydrogens is 282 g/mol. The van der Waals surface area contributed by atoms with Crippen molar-refractivity contribution in [3.63, 3.8) is 0 Å². The number of benzene rings is 1. The summed E-state index contributed by atoms with van der Waals surface area (Å²) in [6.07, 6.45) is 0. The fraction of sp³-hybridized carbons (Fsp3) is 0.312. The maximum absolute atomic E-state index is 8.69. The highest BCUT2D eigenvalue weighted by Crippen LogP contribution is 2.20. The molecule has 0 aliphatic rings. The summed E-state index contributed by atoms with van der Waals surface area (Å²) in [6.45, 7) is 8.01. The highest BCUT2D eigenvalue weighted by Gasteiger charge is 2.05. The molecule has 0 bridgehead atoms. The summed E-state index contributed by atoms with van der Waals surface area (Å²) in [5, 5.41) is 15.2. The summed E-state index contributed by atoms with van der Waals surface area (Å²) >= 11 is 1.84. The smallest absolute Gasteiger partial charge is 0.170 e. The minimum atomic E-state index is 0.141. The highest BCUT2D eigenvalue weighted by atomic mass is 32.1. The van der Waals surface area contributed by atoms with Crippen LogP contribution >= 0.6 is 11.3 Å². The Hall–Kier alpha value is -1.85. The van der Waals surface area contributed by atoms with Crippen molar-refractivity contribution in [2.45, 2.75) is 33.9 Å². The molecule has 1 aromatic carbocycles. The monoisotopic (exact) mass is 303 g/mol. The van der Waals surface area contributed by atoms with Crippen LogP contribution in [0.1, 0.15) is 32.0 Å². The second-order valence-corrected chi connectivity index (χ2v) is 6.52. The Morgan fingerprint density at radius 2 is 1.95 bits per heavy atom. The van der Waals surface area contributed by atoms with E-state index >= 15 is 0 Å². The fourth-order valence-electron chi connectivity index (χ4n) is 2.17. The predicted octanol–water partition coefficient (Wildman–Crippen LogP) is 3.06. The summed E-state index contributed by atoms with van der Waals surface area (Å²) in [7, 11) is 0. The first kappa shape index (κ1) is 15.5. The average Bonchev–Trinajstić information content (AvgIpc) is 2.78. The average molecular weight is 303 g/mol. The number of amidine groups is 1. The lowest BCUT2D eigenvalue weighted by molar-refractivity contribution is 0.318. The molecule has 1 aromatic heterocycles. The topological polar surface area (TPSA) is 70.6 Å². The molecule has 1 heterocycles. The zero-order valence-electron chi connectivity index (χ0n) is 12.6. The SMILES string of the molecule is Cc1cc(/C(N)=N/O)ccc1CNCc1cc(C)c(C)s1. The van der Waals surface area contributed by atoms with Crippen LogP contribution in [0.2, 0.25) is 0 Å². The van der Waals surface area contributed by atoms with E-state index in [2.05, 4.69) is 30.4 Å². The number of oxime groups is 1. The molecule has 0 amide bonds. The Bertz CT molecular complexity index is 642. The molecule has 2 rings (SSSR count). The Morgan fingerprint density at radius 1 is 1.19 bits per heavy atom. The van der Waals surface area contributed by atoms with E-state index in [0.29, 0.717) is 0 Å². The summed E-state index contributed by atoms with van der Waals surface area (Å²) in [5.41, 5.74) is 10.0. The van der Waals surface area contributed by atoms with Crippen LogP contribution in [0.5, 0.6) is 0 Å². The Morgan fingerprint density at radius 3 is 2.52 bits per heavy atom. The molecule has 0 fully saturated rings. The number of rotatable bonds is 5. The van der Waals surface area contributed by atoms with Gasteiger partial charge in [0, 0.05) is 28.4 Å². The summed E-state index contributed by atoms with van der Waals surface area (Å²) in [6, 6.07) is 8.06. The van der Waals surface area contributed by atoms with Gasteiger partial charge in [0.05, 0.1) is 0 Å². The maximum Gasteiger partial charge on any atom is 0.170 e. The van der Waals surface area contributed by atoms with E-state index in [1.54, 1.807) is 0 Å². The first-order valence-electron chi connectivity index (χ1n) is 6.85. The largest absolute Gasteiger partial charge is 0.409 e. The molecule has 0 radical (unpaired) electrons. The number of hydrogen-bond donors (Lipinski definition) is 3. The third kappa shape index (κ3) is 3.83. The zero-order valence-corrected chi connectivity index (χ0v) is 13.4. The number of hydrogen-bond acceptors (Lipinski definition) is 4. The van der Waals surface area contributed by atoms with Crippen LogP contribution in [0.25, 0.3) is 0 Å². The number of thiophene rings is 1. The van der Waals surface area contributed by atoms with Crippen molar-refractivity contribution < 1.29 is 5.21 Å². The molecule has 2 aromatic rings. The van der Waals surface area contributed by atoms with Crippen LogP contribution in [0, 0.1) is 20.8 Å². The van der Waals surface area contributed by atoms with Gasteiger partial charge in [-0.05, 0) is 49.6 Å². The molecule has 4 nitrogen and oxygen atoms in total. The van der Waals surface area contributed by atoms with Crippen molar-refractivity contribution in [1.82, 2.24) is 5.32 Å². The molecule has 5 heteroatoms. The zero-order chi connectivity index (χ0) is 15.4. The number of nitrogens with one attached hydrogen (secondary N) is 1. The number of nitrogens with zero attached hydrogens (tertiary/aromatic N) is 1. The Balaban J connectivity index is 1.97. The molecule has 0 aliphatic carbocycles. The molecule has 21 heavy (non-hydrogen) atoms. The van der Waals surface area contributed by atoms with Crippen molar-refractivity contribution in [2.24, 2.45) is 10.9 Å². The van der Waals surface area contributed by atoms with Gasteiger partial charge in [0.1, 0.15) is 0 Å². The van der Waals surface area contributed by atoms with Gasteiger partial charge in [-0.3, -0.25) is 0 Å². The molecule has 0 saturated heterocycles. The van der Waals surface area contributed by atoms with Gasteiger partial charge in [0.25, 0.3) is 0 Å². The van der Waals surface area contributed by atoms with Gasteiger partial charge in [-0.1, -0.05) is 17.3 Å². The van der Waals surface area contributed by atoms with Crippen LogP contribution in [0.15, 0.2) is 29.4 Å². The van der Waals surface area contributed by atoms with E-state index in [1.165, 1.54) is 20.9 Å². The summed E-state index contributed by atoms with van der Waals surface area (Å²) < 4.78 is 0. The maximum atomic E-state index is 8.69. The molecule has 0 atom stereocenters. The normalized spacial score (nSPS) is 11.9. The van der Waals surface area contributed by atoms with Crippen molar-refractivity contribution in [3.05, 3.63) is 56.3 Å². The first-order chi connectivity index (χ1) is 10.0. The van der Waals surface area contributed by atoms with Gasteiger partial charge in [-0.2, -0.15) is 0 Å². The van der Waals surface area contributed by atoms with Crippen molar-refractivity contribution >= 4 is 17.2 Å². The lowest BCUT2D eigenvalue weighted by atomic mass is 10.0. The van der Waals surface area contributed by atoms with Gasteiger partial charge in [0.2, 0.25) is 0 Å². The van der Waals surface area contributed by atoms with E-state index in [9.17, 15) is 0 Å². The van der Waals surface area contributed by atoms with Crippen LogP contribution in [-0.4, -0.2) is 11.0 Å². The lowest BCUT2D eigenvalue weighted by Gasteiger charge is -2.09. The van der Waals surface area contributed by atoms with Gasteiger partial charge in [-0.25, -0.2) is 0 Å². The second kappa shape index (κ2) is 6.74. The van der Waals surface area contributed by atoms with E-state index in [4.69, 9.17) is 10.9 Å². The predicted molar refractivity (Wildman–Crippen MR) is 88.0 cm³/mol. The first-order valence-corrected chi connectivity index (χ1v) is 7.67. The summed E-state index contributed by atoms with van der Waals surface area (Å²) in [4.78, 5) is 2.74. The Labute approximate surface area is 129 Å². The van der Waals surface area contributed by atoms with Crippen molar-refractivity contribution in [2.75, 3.05) is 0 Å². The van der Waals surface area contributed by atoms with Crippen molar-refractivity contribution in [3.8, 4) is 0 Å². The van der Waals surface area contributed by atoms with Crippen LogP contribution in [-0.2, 0) is 13.1 Å².